The van der Waals surface area contributed by atoms with Crippen molar-refractivity contribution in [1.82, 2.24) is 24.9 Å². The fourth-order valence-corrected chi connectivity index (χ4v) is 7.61. The normalized spacial score (nSPS) is 10.8. The number of thiophene rings is 1. The number of ether oxygens (including phenoxy) is 6. The number of rotatable bonds is 12. The minimum absolute atomic E-state index is 0.143. The van der Waals surface area contributed by atoms with Gasteiger partial charge in [0.2, 0.25) is 5.75 Å². The number of hydrogen-bond acceptors (Lipinski definition) is 13. The maximum Gasteiger partial charge on any atom is 0.341 e. The zero-order valence-corrected chi connectivity index (χ0v) is 37.5. The van der Waals surface area contributed by atoms with Gasteiger partial charge >= 0.3 is 5.97 Å². The number of methoxy groups -OCH3 is 6. The molecule has 0 bridgehead atoms. The Morgan fingerprint density at radius 2 is 1.17 bits per heavy atom. The Morgan fingerprint density at radius 3 is 1.72 bits per heavy atom. The van der Waals surface area contributed by atoms with Crippen LogP contribution in [0.3, 0.4) is 0 Å². The predicted molar refractivity (Wildman–Crippen MR) is 246 cm³/mol. The Kier molecular flexibility index (Phi) is 13.3. The maximum atomic E-state index is 13.3. The number of nitrogens with zero attached hydrogens (tertiary/aromatic N) is 5. The molecule has 16 nitrogen and oxygen atoms in total. The lowest BCUT2D eigenvalue weighted by atomic mass is 10.1. The van der Waals surface area contributed by atoms with Gasteiger partial charge in [-0.25, -0.2) is 14.8 Å². The smallest absolute Gasteiger partial charge is 0.341 e. The fraction of sp³-hybridized carbons (Fsp3) is 0.174. The second kappa shape index (κ2) is 19.2. The highest BCUT2D eigenvalue weighted by molar-refractivity contribution is 7.08. The standard InChI is InChI=1S/C27H24N4O4S.C19H18ClN3O5/c1-31(18-12-24(33-2)26(35-4)25(13-18)34-3)27(32)23-14-22-20(30-23)6-5-19(29-22)16-7-9-28-21(11-16)17-8-10-36-15-17;1-23(18(24)14-9-13-12(21-14)5-6-16(20)22-13)10-7-11(19(25)28-4)17(27-3)15(8-10)26-2/h5-15,30H,1-4H3;5-9,21H,1-4H3. The highest BCUT2D eigenvalue weighted by Gasteiger charge is 2.25. The molecule has 0 radical (unpaired) electrons. The van der Waals surface area contributed by atoms with Crippen LogP contribution in [0, 0.1) is 0 Å². The summed E-state index contributed by atoms with van der Waals surface area (Å²) in [6, 6.07) is 23.2. The van der Waals surface area contributed by atoms with Crippen molar-refractivity contribution in [2.24, 2.45) is 0 Å². The van der Waals surface area contributed by atoms with Crippen molar-refractivity contribution >= 4 is 74.2 Å². The van der Waals surface area contributed by atoms with Crippen molar-refractivity contribution in [3.8, 4) is 51.3 Å². The first-order valence-corrected chi connectivity index (χ1v) is 20.6. The summed E-state index contributed by atoms with van der Waals surface area (Å²) in [7, 11) is 12.0. The second-order valence-electron chi connectivity index (χ2n) is 13.8. The van der Waals surface area contributed by atoms with Gasteiger partial charge < -0.3 is 48.2 Å². The van der Waals surface area contributed by atoms with Gasteiger partial charge in [-0.05, 0) is 66.0 Å². The van der Waals surface area contributed by atoms with Crippen LogP contribution in [-0.2, 0) is 4.74 Å². The van der Waals surface area contributed by atoms with E-state index in [9.17, 15) is 14.4 Å². The van der Waals surface area contributed by atoms with Crippen molar-refractivity contribution in [3.05, 3.63) is 118 Å². The maximum absolute atomic E-state index is 13.3. The van der Waals surface area contributed by atoms with E-state index in [0.29, 0.717) is 67.5 Å². The Hall–Kier alpha value is -7.63. The summed E-state index contributed by atoms with van der Waals surface area (Å²) < 4.78 is 31.6. The van der Waals surface area contributed by atoms with Crippen molar-refractivity contribution in [2.75, 3.05) is 66.6 Å². The summed E-state index contributed by atoms with van der Waals surface area (Å²) in [6.07, 6.45) is 1.78. The monoisotopic (exact) mass is 903 g/mol. The molecule has 328 valence electrons. The number of carbonyl (C=O) groups excluding carboxylic acids is 3. The third kappa shape index (κ3) is 8.97. The van der Waals surface area contributed by atoms with Crippen LogP contribution in [0.15, 0.2) is 95.8 Å². The molecule has 0 aliphatic rings. The van der Waals surface area contributed by atoms with Gasteiger partial charge in [-0.3, -0.25) is 14.6 Å². The van der Waals surface area contributed by atoms with Crippen LogP contribution < -0.4 is 33.5 Å². The summed E-state index contributed by atoms with van der Waals surface area (Å²) in [5.74, 6) is 0.743. The Morgan fingerprint density at radius 1 is 0.609 bits per heavy atom. The van der Waals surface area contributed by atoms with Crippen LogP contribution in [0.5, 0.6) is 28.7 Å². The molecule has 2 amide bonds. The molecular formula is C46H42ClN7O9S. The number of halogens is 1. The molecule has 8 rings (SSSR count). The van der Waals surface area contributed by atoms with Crippen molar-refractivity contribution < 1.29 is 42.8 Å². The first-order chi connectivity index (χ1) is 30.9. The summed E-state index contributed by atoms with van der Waals surface area (Å²) in [4.78, 5) is 61.0. The zero-order valence-electron chi connectivity index (χ0n) is 35.9. The number of amides is 2. The van der Waals surface area contributed by atoms with Gasteiger partial charge in [-0.15, -0.1) is 0 Å². The molecule has 6 aromatic heterocycles. The molecule has 8 aromatic rings. The number of carbonyl (C=O) groups is 3. The molecule has 6 heterocycles. The highest BCUT2D eigenvalue weighted by atomic mass is 35.5. The van der Waals surface area contributed by atoms with E-state index in [1.165, 1.54) is 58.5 Å². The average Bonchev–Trinajstić information content (AvgIpc) is 4.13. The minimum atomic E-state index is -0.609. The van der Waals surface area contributed by atoms with E-state index in [2.05, 4.69) is 25.3 Å². The third-order valence-electron chi connectivity index (χ3n) is 10.2. The fourth-order valence-electron chi connectivity index (χ4n) is 6.80. The van der Waals surface area contributed by atoms with Gasteiger partial charge in [0.1, 0.15) is 22.1 Å². The van der Waals surface area contributed by atoms with Gasteiger partial charge in [-0.1, -0.05) is 11.6 Å². The number of pyridine rings is 3. The van der Waals surface area contributed by atoms with Gasteiger partial charge in [0, 0.05) is 60.7 Å². The van der Waals surface area contributed by atoms with Crippen LogP contribution in [0.1, 0.15) is 31.3 Å². The molecule has 0 unspecified atom stereocenters. The molecule has 0 saturated carbocycles. The van der Waals surface area contributed by atoms with Crippen LogP contribution in [-0.4, -0.2) is 99.5 Å². The molecule has 0 aliphatic heterocycles. The molecule has 0 aliphatic carbocycles. The lowest BCUT2D eigenvalue weighted by Crippen LogP contribution is -2.27. The molecule has 0 atom stereocenters. The quantitative estimate of drug-likeness (QED) is 0.0878. The first kappa shape index (κ1) is 44.4. The van der Waals surface area contributed by atoms with Crippen LogP contribution in [0.2, 0.25) is 5.15 Å². The van der Waals surface area contributed by atoms with E-state index in [0.717, 1.165) is 28.0 Å². The molecule has 0 saturated heterocycles. The summed E-state index contributed by atoms with van der Waals surface area (Å²) in [5.41, 5.74) is 8.36. The number of aromatic nitrogens is 5. The summed E-state index contributed by atoms with van der Waals surface area (Å²) >= 11 is 7.53. The van der Waals surface area contributed by atoms with E-state index < -0.39 is 5.97 Å². The molecular weight excluding hydrogens is 862 g/mol. The number of benzene rings is 2. The number of H-pyrrole nitrogens is 2. The zero-order chi connectivity index (χ0) is 45.7. The largest absolute Gasteiger partial charge is 0.493 e. The topological polar surface area (TPSA) is 183 Å². The van der Waals surface area contributed by atoms with Gasteiger partial charge in [0.15, 0.2) is 23.0 Å². The van der Waals surface area contributed by atoms with Gasteiger partial charge in [0.25, 0.3) is 11.8 Å². The molecule has 0 spiro atoms. The number of hydrogen-bond donors (Lipinski definition) is 2. The number of fused-ring (bicyclic) bond motifs is 2. The lowest BCUT2D eigenvalue weighted by Gasteiger charge is -2.20. The van der Waals surface area contributed by atoms with Crippen LogP contribution in [0.25, 0.3) is 44.6 Å². The third-order valence-corrected chi connectivity index (χ3v) is 11.0. The molecule has 64 heavy (non-hydrogen) atoms. The van der Waals surface area contributed by atoms with E-state index in [1.807, 2.05) is 35.7 Å². The molecule has 0 fully saturated rings. The Labute approximate surface area is 376 Å². The molecule has 18 heteroatoms. The minimum Gasteiger partial charge on any atom is -0.493 e. The van der Waals surface area contributed by atoms with Crippen molar-refractivity contribution in [2.45, 2.75) is 0 Å². The lowest BCUT2D eigenvalue weighted by molar-refractivity contribution is 0.0596. The number of esters is 1. The predicted octanol–water partition coefficient (Wildman–Crippen LogP) is 8.95. The van der Waals surface area contributed by atoms with Crippen LogP contribution >= 0.6 is 22.9 Å². The Balaban J connectivity index is 0.000000198. The first-order valence-electron chi connectivity index (χ1n) is 19.3. The highest BCUT2D eigenvalue weighted by Crippen LogP contribution is 2.41. The molecule has 2 N–H and O–H groups in total. The number of anilines is 2. The number of nitrogens with one attached hydrogen (secondary N) is 2. The van der Waals surface area contributed by atoms with Crippen molar-refractivity contribution in [1.29, 1.82) is 0 Å². The van der Waals surface area contributed by atoms with E-state index in [1.54, 1.807) is 74.1 Å². The number of aromatic amines is 2. The average molecular weight is 904 g/mol. The second-order valence-corrected chi connectivity index (χ2v) is 15.0. The molecule has 2 aromatic carbocycles. The summed E-state index contributed by atoms with van der Waals surface area (Å²) in [5, 5.41) is 4.43. The van der Waals surface area contributed by atoms with E-state index in [-0.39, 0.29) is 23.1 Å². The Bertz CT molecular complexity index is 2980. The van der Waals surface area contributed by atoms with Crippen molar-refractivity contribution in [3.63, 3.8) is 0 Å². The summed E-state index contributed by atoms with van der Waals surface area (Å²) in [6.45, 7) is 0. The van der Waals surface area contributed by atoms with Gasteiger partial charge in [0.05, 0.1) is 81.8 Å². The van der Waals surface area contributed by atoms with Crippen LogP contribution in [0.4, 0.5) is 11.4 Å². The van der Waals surface area contributed by atoms with Gasteiger partial charge in [-0.2, -0.15) is 11.3 Å². The van der Waals surface area contributed by atoms with E-state index >= 15 is 0 Å². The van der Waals surface area contributed by atoms with E-state index in [4.69, 9.17) is 45.0 Å². The SMILES string of the molecule is COC(=O)c1cc(N(C)C(=O)c2cc3nc(Cl)ccc3[nH]2)cc(OC)c1OC.COc1cc(N(C)C(=O)c2cc3nc(-c4ccnc(-c5ccsc5)c4)ccc3[nH]2)cc(OC)c1OC.